The van der Waals surface area contributed by atoms with Crippen LogP contribution in [0, 0.1) is 0 Å². The van der Waals surface area contributed by atoms with Crippen LogP contribution in [-0.4, -0.2) is 45.2 Å². The highest BCUT2D eigenvalue weighted by atomic mass is 16.4. The van der Waals surface area contributed by atoms with Gasteiger partial charge in [0, 0.05) is 58.9 Å². The summed E-state index contributed by atoms with van der Waals surface area (Å²) < 4.78 is 8.23. The molecule has 2 aromatic rings. The van der Waals surface area contributed by atoms with Crippen LogP contribution in [0.5, 0.6) is 0 Å². The van der Waals surface area contributed by atoms with Crippen molar-refractivity contribution in [1.82, 2.24) is 4.58 Å². The number of azide groups is 1. The zero-order valence-corrected chi connectivity index (χ0v) is 19.1. The largest absolute Gasteiger partial charge is 0.478 e. The van der Waals surface area contributed by atoms with Crippen molar-refractivity contribution in [2.45, 2.75) is 0 Å². The van der Waals surface area contributed by atoms with Crippen molar-refractivity contribution in [1.29, 1.82) is 0 Å². The molecule has 9 heteroatoms. The van der Waals surface area contributed by atoms with Crippen LogP contribution in [0.1, 0.15) is 20.7 Å². The average molecular weight is 456 g/mol. The minimum Gasteiger partial charge on any atom is -0.478 e. The molecule has 4 rings (SSSR count). The second-order valence-electron chi connectivity index (χ2n) is 8.19. The highest BCUT2D eigenvalue weighted by Crippen LogP contribution is 2.42. The molecule has 1 amide bonds. The molecule has 170 valence electrons. The molecule has 0 saturated carbocycles. The summed E-state index contributed by atoms with van der Waals surface area (Å²) in [5.74, 6) is -1.46. The van der Waals surface area contributed by atoms with Crippen LogP contribution in [0.4, 0.5) is 5.69 Å². The maximum atomic E-state index is 12.2. The molecular weight excluding hydrogens is 434 g/mol. The van der Waals surface area contributed by atoms with Crippen LogP contribution in [0.2, 0.25) is 0 Å². The molecule has 0 fully saturated rings. The summed E-state index contributed by atoms with van der Waals surface area (Å²) in [6.07, 6.45) is 0. The second-order valence-corrected chi connectivity index (χ2v) is 8.19. The molecule has 2 aromatic carbocycles. The van der Waals surface area contributed by atoms with Gasteiger partial charge in [0.05, 0.1) is 11.6 Å². The van der Waals surface area contributed by atoms with Crippen molar-refractivity contribution in [2.24, 2.45) is 5.11 Å². The van der Waals surface area contributed by atoms with E-state index in [9.17, 15) is 14.7 Å². The molecule has 0 radical (unpaired) electrons. The van der Waals surface area contributed by atoms with Crippen LogP contribution < -0.4 is 14.8 Å². The van der Waals surface area contributed by atoms with Crippen molar-refractivity contribution < 1.29 is 19.1 Å². The first-order chi connectivity index (χ1) is 16.2. The van der Waals surface area contributed by atoms with Gasteiger partial charge in [0.25, 0.3) is 0 Å². The topological polar surface area (TPSA) is 123 Å². The Morgan fingerprint density at radius 3 is 2.41 bits per heavy atom. The summed E-state index contributed by atoms with van der Waals surface area (Å²) in [5.41, 5.74) is 11.8. The van der Waals surface area contributed by atoms with Crippen LogP contribution in [0.25, 0.3) is 43.9 Å². The van der Waals surface area contributed by atoms with E-state index in [-0.39, 0.29) is 11.1 Å². The molecule has 1 heterocycles. The lowest BCUT2D eigenvalue weighted by Crippen LogP contribution is -2.21. The standard InChI is InChI=1S/C25H21N5O4/c1-29(2)15-6-9-18-21(12-15)34-22-13-16(30(3)4)7-10-19(22)23(18)17-8-5-14(24(31)27-28-26)11-20(17)25(32)33/h5-13H,1-4H3/p+1. The molecule has 0 aromatic heterocycles. The van der Waals surface area contributed by atoms with E-state index in [0.29, 0.717) is 22.5 Å². The fraction of sp³-hybridized carbons (Fsp3) is 0.160. The summed E-state index contributed by atoms with van der Waals surface area (Å²) in [5, 5.41) is 14.7. The first kappa shape index (κ1) is 22.6. The van der Waals surface area contributed by atoms with Crippen LogP contribution in [-0.2, 0) is 0 Å². The number of hydrogen-bond donors (Lipinski definition) is 1. The fourth-order valence-electron chi connectivity index (χ4n) is 3.88. The summed E-state index contributed by atoms with van der Waals surface area (Å²) in [6, 6.07) is 15.7. The Morgan fingerprint density at radius 1 is 1.03 bits per heavy atom. The number of benzene rings is 3. The quantitative estimate of drug-likeness (QED) is 0.160. The number of carbonyl (C=O) groups excluding carboxylic acids is 1. The Bertz CT molecular complexity index is 1560. The number of carbonyl (C=O) groups is 2. The van der Waals surface area contributed by atoms with E-state index in [1.807, 2.05) is 74.1 Å². The Balaban J connectivity index is 2.13. The fourth-order valence-corrected chi connectivity index (χ4v) is 3.88. The highest BCUT2D eigenvalue weighted by Gasteiger charge is 2.23. The molecular formula is C25H22N5O4+. The lowest BCUT2D eigenvalue weighted by atomic mass is 9.89. The van der Waals surface area contributed by atoms with Crippen LogP contribution in [0.15, 0.2) is 64.1 Å². The summed E-state index contributed by atoms with van der Waals surface area (Å²) in [6.45, 7) is 0. The maximum Gasteiger partial charge on any atom is 0.336 e. The molecule has 1 aliphatic heterocycles. The Kier molecular flexibility index (Phi) is 5.79. The number of hydrogen-bond acceptors (Lipinski definition) is 4. The zero-order chi connectivity index (χ0) is 24.6. The lowest BCUT2D eigenvalue weighted by Gasteiger charge is -2.19. The first-order valence-electron chi connectivity index (χ1n) is 10.4. The first-order valence-corrected chi connectivity index (χ1v) is 10.4. The number of amides is 1. The Labute approximate surface area is 194 Å². The number of rotatable bonds is 4. The minimum absolute atomic E-state index is 0.00188. The van der Waals surface area contributed by atoms with E-state index in [2.05, 4.69) is 10.0 Å². The summed E-state index contributed by atoms with van der Waals surface area (Å²) >= 11 is 0. The third-order valence-electron chi connectivity index (χ3n) is 5.62. The third-order valence-corrected chi connectivity index (χ3v) is 5.62. The van der Waals surface area contributed by atoms with Gasteiger partial charge in [-0.1, -0.05) is 12.1 Å². The number of carboxylic acids is 1. The molecule has 9 nitrogen and oxygen atoms in total. The van der Waals surface area contributed by atoms with E-state index in [4.69, 9.17) is 9.95 Å². The van der Waals surface area contributed by atoms with Gasteiger partial charge in [0.1, 0.15) is 25.4 Å². The van der Waals surface area contributed by atoms with Gasteiger partial charge in [-0.2, -0.15) is 0 Å². The van der Waals surface area contributed by atoms with Gasteiger partial charge in [-0.05, 0) is 40.5 Å². The van der Waals surface area contributed by atoms with Crippen molar-refractivity contribution >= 4 is 28.5 Å². The van der Waals surface area contributed by atoms with Gasteiger partial charge in [-0.3, -0.25) is 4.79 Å². The smallest absolute Gasteiger partial charge is 0.336 e. The number of anilines is 1. The van der Waals surface area contributed by atoms with Crippen LogP contribution in [0.3, 0.4) is 0 Å². The van der Waals surface area contributed by atoms with Crippen molar-refractivity contribution in [3.05, 3.63) is 81.5 Å². The van der Waals surface area contributed by atoms with Crippen molar-refractivity contribution in [2.75, 3.05) is 33.1 Å². The van der Waals surface area contributed by atoms with Crippen molar-refractivity contribution in [3.8, 4) is 22.5 Å². The van der Waals surface area contributed by atoms with E-state index in [1.54, 1.807) is 6.07 Å². The van der Waals surface area contributed by atoms with E-state index in [0.717, 1.165) is 22.0 Å². The van der Waals surface area contributed by atoms with E-state index >= 15 is 0 Å². The number of carboxylic acid groups (broad SMARTS) is 1. The number of nitrogens with zero attached hydrogens (tertiary/aromatic N) is 5. The van der Waals surface area contributed by atoms with Gasteiger partial charge >= 0.3 is 5.97 Å². The van der Waals surface area contributed by atoms with Gasteiger partial charge < -0.3 is 14.4 Å². The van der Waals surface area contributed by atoms with Gasteiger partial charge in [0.15, 0.2) is 0 Å². The predicted octanol–water partition coefficient (Wildman–Crippen LogP) is 4.45. The molecule has 0 spiro atoms. The van der Waals surface area contributed by atoms with E-state index in [1.165, 1.54) is 12.1 Å². The van der Waals surface area contributed by atoms with Crippen molar-refractivity contribution in [3.63, 3.8) is 0 Å². The molecule has 34 heavy (non-hydrogen) atoms. The molecule has 0 atom stereocenters. The molecule has 2 aliphatic rings. The second kappa shape index (κ2) is 8.73. The zero-order valence-electron chi connectivity index (χ0n) is 19.1. The average Bonchev–Trinajstić information content (AvgIpc) is 2.81. The molecule has 1 aliphatic carbocycles. The normalized spacial score (nSPS) is 10.7. The monoisotopic (exact) mass is 456 g/mol. The summed E-state index contributed by atoms with van der Waals surface area (Å²) in [7, 11) is 7.70. The maximum absolute atomic E-state index is 12.2. The number of fused-ring (bicyclic) bond motifs is 2. The van der Waals surface area contributed by atoms with Gasteiger partial charge in [-0.15, -0.1) is 0 Å². The lowest BCUT2D eigenvalue weighted by molar-refractivity contribution is 0.0697. The number of aromatic carboxylic acids is 1. The molecule has 0 bridgehead atoms. The SMILES string of the molecule is CN(C)c1ccc2c(-c3ccc(C(=O)N=[N+]=[N-])cc3C(=O)O)c3ccc(=[N+](C)C)cc-3oc2c1. The molecule has 1 N–H and O–H groups in total. The highest BCUT2D eigenvalue weighted by molar-refractivity contribution is 6.09. The van der Waals surface area contributed by atoms with Gasteiger partial charge in [-0.25, -0.2) is 9.37 Å². The Hall–Kier alpha value is -4.62. The third kappa shape index (κ3) is 3.96. The van der Waals surface area contributed by atoms with Gasteiger partial charge in [0.2, 0.25) is 11.3 Å². The summed E-state index contributed by atoms with van der Waals surface area (Å²) in [4.78, 5) is 28.7. The minimum atomic E-state index is -1.21. The molecule has 0 unspecified atom stereocenters. The molecule has 0 saturated heterocycles. The Morgan fingerprint density at radius 2 is 1.76 bits per heavy atom. The van der Waals surface area contributed by atoms with Crippen LogP contribution >= 0.6 is 0 Å². The van der Waals surface area contributed by atoms with E-state index < -0.39 is 11.9 Å². The predicted molar refractivity (Wildman–Crippen MR) is 130 cm³/mol.